The summed E-state index contributed by atoms with van der Waals surface area (Å²) in [7, 11) is 0. The van der Waals surface area contributed by atoms with Crippen molar-refractivity contribution in [3.05, 3.63) is 51.7 Å². The first-order valence-corrected chi connectivity index (χ1v) is 5.59. The highest BCUT2D eigenvalue weighted by Crippen LogP contribution is 2.25. The molecular formula is C12H9N3O6. The van der Waals surface area contributed by atoms with Crippen molar-refractivity contribution in [3.8, 4) is 5.75 Å². The van der Waals surface area contributed by atoms with Gasteiger partial charge in [-0.3, -0.25) is 4.79 Å². The van der Waals surface area contributed by atoms with Crippen LogP contribution in [0.1, 0.15) is 20.8 Å². The second-order valence-corrected chi connectivity index (χ2v) is 4.01. The van der Waals surface area contributed by atoms with Gasteiger partial charge in [-0.15, -0.1) is 0 Å². The third-order valence-corrected chi connectivity index (χ3v) is 2.60. The molecule has 1 heterocycles. The van der Waals surface area contributed by atoms with Gasteiger partial charge in [0.25, 0.3) is 5.91 Å². The smallest absolute Gasteiger partial charge is 0.335 e. The molecule has 2 rings (SSSR count). The number of aromatic carboxylic acids is 1. The number of carboxylic acid groups (broad SMARTS) is 1. The lowest BCUT2D eigenvalue weighted by Crippen LogP contribution is -2.12. The summed E-state index contributed by atoms with van der Waals surface area (Å²) in [5.74, 6) is -2.69. The van der Waals surface area contributed by atoms with Gasteiger partial charge in [-0.25, -0.2) is 9.78 Å². The second-order valence-electron chi connectivity index (χ2n) is 4.01. The SMILES string of the molecule is O=C(O)c1ccc(NC(=O)c2ccc([N+](=O)[O-])[nH]2)c(O)c1. The molecule has 0 unspecified atom stereocenters. The molecule has 0 radical (unpaired) electrons. The van der Waals surface area contributed by atoms with Gasteiger partial charge in [0.1, 0.15) is 5.75 Å². The molecule has 0 spiro atoms. The first-order valence-electron chi connectivity index (χ1n) is 5.59. The molecule has 0 aliphatic carbocycles. The zero-order valence-electron chi connectivity index (χ0n) is 10.4. The standard InChI is InChI=1S/C12H9N3O6/c16-9-5-6(12(18)19)1-2-7(9)14-11(17)8-3-4-10(13-8)15(20)21/h1-5,13,16H,(H,14,17)(H,18,19). The summed E-state index contributed by atoms with van der Waals surface area (Å²) in [5.41, 5.74) is -0.216. The Kier molecular flexibility index (Phi) is 3.57. The lowest BCUT2D eigenvalue weighted by molar-refractivity contribution is -0.389. The van der Waals surface area contributed by atoms with Crippen LogP contribution in [-0.4, -0.2) is 32.0 Å². The number of rotatable bonds is 4. The third-order valence-electron chi connectivity index (χ3n) is 2.60. The summed E-state index contributed by atoms with van der Waals surface area (Å²) in [6.07, 6.45) is 0. The summed E-state index contributed by atoms with van der Waals surface area (Å²) in [6, 6.07) is 5.75. The number of aromatic amines is 1. The number of nitrogens with zero attached hydrogens (tertiary/aromatic N) is 1. The normalized spacial score (nSPS) is 10.1. The van der Waals surface area contributed by atoms with E-state index >= 15 is 0 Å². The molecule has 0 bridgehead atoms. The van der Waals surface area contributed by atoms with Gasteiger partial charge < -0.3 is 25.6 Å². The Hall–Kier alpha value is -3.36. The minimum Gasteiger partial charge on any atom is -0.506 e. The molecule has 0 saturated heterocycles. The number of carbonyl (C=O) groups is 2. The second kappa shape index (κ2) is 5.33. The average molecular weight is 291 g/mol. The number of anilines is 1. The van der Waals surface area contributed by atoms with E-state index in [9.17, 15) is 24.8 Å². The number of aromatic nitrogens is 1. The molecule has 4 N–H and O–H groups in total. The Morgan fingerprint density at radius 3 is 2.48 bits per heavy atom. The molecule has 1 aromatic carbocycles. The number of carbonyl (C=O) groups excluding carboxylic acids is 1. The molecule has 0 aliphatic heterocycles. The van der Waals surface area contributed by atoms with E-state index in [0.29, 0.717) is 0 Å². The van der Waals surface area contributed by atoms with Crippen LogP contribution in [0, 0.1) is 10.1 Å². The first kappa shape index (κ1) is 14.1. The molecule has 108 valence electrons. The maximum atomic E-state index is 11.8. The molecule has 1 amide bonds. The minimum absolute atomic E-state index is 0.0118. The molecule has 9 nitrogen and oxygen atoms in total. The fourth-order valence-corrected chi connectivity index (χ4v) is 1.58. The van der Waals surface area contributed by atoms with Crippen molar-refractivity contribution in [2.45, 2.75) is 0 Å². The van der Waals surface area contributed by atoms with Gasteiger partial charge in [-0.05, 0) is 29.2 Å². The van der Waals surface area contributed by atoms with Gasteiger partial charge in [0.05, 0.1) is 11.3 Å². The Balaban J connectivity index is 2.19. The van der Waals surface area contributed by atoms with Crippen LogP contribution in [0.5, 0.6) is 5.75 Å². The Bertz CT molecular complexity index is 736. The fraction of sp³-hybridized carbons (Fsp3) is 0. The summed E-state index contributed by atoms with van der Waals surface area (Å²) < 4.78 is 0. The maximum absolute atomic E-state index is 11.8. The van der Waals surface area contributed by atoms with Crippen molar-refractivity contribution >= 4 is 23.4 Å². The number of H-pyrrole nitrogens is 1. The number of aromatic hydroxyl groups is 1. The number of amides is 1. The van der Waals surface area contributed by atoms with Crippen LogP contribution < -0.4 is 5.32 Å². The first-order chi connectivity index (χ1) is 9.88. The number of phenols is 1. The van der Waals surface area contributed by atoms with E-state index in [2.05, 4.69) is 10.3 Å². The highest BCUT2D eigenvalue weighted by Gasteiger charge is 2.17. The van der Waals surface area contributed by atoms with Crippen LogP contribution in [0.25, 0.3) is 0 Å². The summed E-state index contributed by atoms with van der Waals surface area (Å²) in [5, 5.41) is 31.2. The number of benzene rings is 1. The lowest BCUT2D eigenvalue weighted by atomic mass is 10.2. The van der Waals surface area contributed by atoms with Gasteiger partial charge in [0, 0.05) is 6.07 Å². The average Bonchev–Trinajstić information content (AvgIpc) is 2.90. The predicted molar refractivity (Wildman–Crippen MR) is 70.5 cm³/mol. The molecule has 0 aliphatic rings. The largest absolute Gasteiger partial charge is 0.506 e. The van der Waals surface area contributed by atoms with Crippen molar-refractivity contribution in [1.29, 1.82) is 0 Å². The van der Waals surface area contributed by atoms with Crippen LogP contribution in [-0.2, 0) is 0 Å². The molecular weight excluding hydrogens is 282 g/mol. The number of phenolic OH excluding ortho intramolecular Hbond substituents is 1. The number of hydrogen-bond acceptors (Lipinski definition) is 5. The topological polar surface area (TPSA) is 146 Å². The quantitative estimate of drug-likeness (QED) is 0.382. The maximum Gasteiger partial charge on any atom is 0.335 e. The zero-order chi connectivity index (χ0) is 15.6. The number of carboxylic acids is 1. The predicted octanol–water partition coefficient (Wildman–Crippen LogP) is 1.58. The van der Waals surface area contributed by atoms with E-state index in [4.69, 9.17) is 5.11 Å². The summed E-state index contributed by atoms with van der Waals surface area (Å²) >= 11 is 0. The van der Waals surface area contributed by atoms with E-state index < -0.39 is 22.5 Å². The molecule has 2 aromatic rings. The van der Waals surface area contributed by atoms with Crippen molar-refractivity contribution < 1.29 is 24.7 Å². The lowest BCUT2D eigenvalue weighted by Gasteiger charge is -2.06. The van der Waals surface area contributed by atoms with E-state index in [0.717, 1.165) is 12.1 Å². The van der Waals surface area contributed by atoms with Crippen molar-refractivity contribution in [3.63, 3.8) is 0 Å². The fourth-order valence-electron chi connectivity index (χ4n) is 1.58. The Labute approximate surface area is 117 Å². The monoisotopic (exact) mass is 291 g/mol. The zero-order valence-corrected chi connectivity index (χ0v) is 10.4. The molecule has 0 fully saturated rings. The molecule has 0 saturated carbocycles. The van der Waals surface area contributed by atoms with Crippen LogP contribution in [0.3, 0.4) is 0 Å². The van der Waals surface area contributed by atoms with E-state index in [1.807, 2.05) is 0 Å². The molecule has 9 heteroatoms. The van der Waals surface area contributed by atoms with Crippen LogP contribution in [0.15, 0.2) is 30.3 Å². The van der Waals surface area contributed by atoms with Gasteiger partial charge >= 0.3 is 11.8 Å². The molecule has 1 aromatic heterocycles. The van der Waals surface area contributed by atoms with Crippen LogP contribution >= 0.6 is 0 Å². The van der Waals surface area contributed by atoms with Gasteiger partial charge in [-0.2, -0.15) is 0 Å². The van der Waals surface area contributed by atoms with Crippen molar-refractivity contribution in [1.82, 2.24) is 4.98 Å². The summed E-state index contributed by atoms with van der Waals surface area (Å²) in [6.45, 7) is 0. The van der Waals surface area contributed by atoms with Gasteiger partial charge in [-0.1, -0.05) is 0 Å². The highest BCUT2D eigenvalue weighted by molar-refractivity contribution is 6.04. The molecule has 0 atom stereocenters. The van der Waals surface area contributed by atoms with Crippen molar-refractivity contribution in [2.24, 2.45) is 0 Å². The number of hydrogen-bond donors (Lipinski definition) is 4. The Morgan fingerprint density at radius 2 is 1.95 bits per heavy atom. The number of nitro groups is 1. The van der Waals surface area contributed by atoms with Crippen LogP contribution in [0.4, 0.5) is 11.5 Å². The van der Waals surface area contributed by atoms with Gasteiger partial charge in [0.15, 0.2) is 5.69 Å². The Morgan fingerprint density at radius 1 is 1.24 bits per heavy atom. The van der Waals surface area contributed by atoms with E-state index in [1.165, 1.54) is 18.2 Å². The third kappa shape index (κ3) is 2.97. The minimum atomic E-state index is -1.22. The van der Waals surface area contributed by atoms with E-state index in [1.54, 1.807) is 0 Å². The summed E-state index contributed by atoms with van der Waals surface area (Å²) in [4.78, 5) is 34.6. The van der Waals surface area contributed by atoms with Crippen molar-refractivity contribution in [2.75, 3.05) is 5.32 Å². The highest BCUT2D eigenvalue weighted by atomic mass is 16.6. The molecule has 21 heavy (non-hydrogen) atoms. The van der Waals surface area contributed by atoms with Crippen LogP contribution in [0.2, 0.25) is 0 Å². The van der Waals surface area contributed by atoms with Gasteiger partial charge in [0.2, 0.25) is 0 Å². The van der Waals surface area contributed by atoms with E-state index in [-0.39, 0.29) is 22.8 Å². The number of nitrogens with one attached hydrogen (secondary N) is 2.